The zero-order valence-corrected chi connectivity index (χ0v) is 15.3. The molecular formula is C18H18N2O3S2. The third-order valence-electron chi connectivity index (χ3n) is 4.48. The maximum Gasteiger partial charge on any atom is 0.253 e. The second-order valence-electron chi connectivity index (χ2n) is 5.85. The second kappa shape index (κ2) is 6.33. The number of hydrogen-bond acceptors (Lipinski definition) is 4. The standard InChI is InChI=1S/C18H18N2O3S2/c1-23-15-8-6-14(7-9-15)18-16-4-2-10-19(16)11-12-20(18)25(21,22)17-5-3-13-24-17/h2-10,13,18H,11-12H2,1H3. The topological polar surface area (TPSA) is 51.5 Å². The van der Waals surface area contributed by atoms with Crippen molar-refractivity contribution in [1.82, 2.24) is 8.87 Å². The van der Waals surface area contributed by atoms with Crippen molar-refractivity contribution in [2.75, 3.05) is 13.7 Å². The fraction of sp³-hybridized carbons (Fsp3) is 0.222. The number of thiophene rings is 1. The number of rotatable bonds is 4. The molecule has 1 aromatic carbocycles. The first kappa shape index (κ1) is 16.4. The third-order valence-corrected chi connectivity index (χ3v) is 7.72. The molecule has 4 rings (SSSR count). The van der Waals surface area contributed by atoms with Crippen molar-refractivity contribution in [2.24, 2.45) is 0 Å². The number of fused-ring (bicyclic) bond motifs is 1. The molecule has 130 valence electrons. The van der Waals surface area contributed by atoms with Gasteiger partial charge >= 0.3 is 0 Å². The summed E-state index contributed by atoms with van der Waals surface area (Å²) in [7, 11) is -1.93. The first-order valence-corrected chi connectivity index (χ1v) is 10.3. The summed E-state index contributed by atoms with van der Waals surface area (Å²) in [5.74, 6) is 0.752. The van der Waals surface area contributed by atoms with Gasteiger partial charge in [0.25, 0.3) is 10.0 Å². The minimum Gasteiger partial charge on any atom is -0.497 e. The van der Waals surface area contributed by atoms with E-state index in [1.54, 1.807) is 28.9 Å². The van der Waals surface area contributed by atoms with Crippen LogP contribution in [0.25, 0.3) is 0 Å². The average Bonchev–Trinajstić information content (AvgIpc) is 3.32. The van der Waals surface area contributed by atoms with Crippen molar-refractivity contribution >= 4 is 21.4 Å². The van der Waals surface area contributed by atoms with E-state index < -0.39 is 10.0 Å². The lowest BCUT2D eigenvalue weighted by Gasteiger charge is -2.36. The summed E-state index contributed by atoms with van der Waals surface area (Å²) < 4.78 is 35.7. The molecule has 5 nitrogen and oxygen atoms in total. The van der Waals surface area contributed by atoms with Crippen molar-refractivity contribution in [3.8, 4) is 5.75 Å². The van der Waals surface area contributed by atoms with Crippen molar-refractivity contribution in [3.05, 3.63) is 71.4 Å². The number of ether oxygens (including phenoxy) is 1. The fourth-order valence-electron chi connectivity index (χ4n) is 3.27. The third kappa shape index (κ3) is 2.78. The summed E-state index contributed by atoms with van der Waals surface area (Å²) in [5, 5.41) is 1.79. The summed E-state index contributed by atoms with van der Waals surface area (Å²) in [4.78, 5) is 0. The van der Waals surface area contributed by atoms with E-state index in [2.05, 4.69) is 4.57 Å². The van der Waals surface area contributed by atoms with Crippen LogP contribution in [0.2, 0.25) is 0 Å². The van der Waals surface area contributed by atoms with Gasteiger partial charge in [0.2, 0.25) is 0 Å². The van der Waals surface area contributed by atoms with E-state index in [-0.39, 0.29) is 6.04 Å². The highest BCUT2D eigenvalue weighted by atomic mass is 32.2. The largest absolute Gasteiger partial charge is 0.497 e. The predicted octanol–water partition coefficient (Wildman–Crippen LogP) is 3.35. The maximum atomic E-state index is 13.2. The number of benzene rings is 1. The van der Waals surface area contributed by atoms with Crippen LogP contribution in [0.15, 0.2) is 64.3 Å². The second-order valence-corrected chi connectivity index (χ2v) is 8.92. The van der Waals surface area contributed by atoms with Gasteiger partial charge in [-0.05, 0) is 41.3 Å². The van der Waals surface area contributed by atoms with Gasteiger partial charge in [-0.3, -0.25) is 0 Å². The Morgan fingerprint density at radius 2 is 1.88 bits per heavy atom. The van der Waals surface area contributed by atoms with Crippen molar-refractivity contribution in [3.63, 3.8) is 0 Å². The lowest BCUT2D eigenvalue weighted by molar-refractivity contribution is 0.299. The number of hydrogen-bond donors (Lipinski definition) is 0. The van der Waals surface area contributed by atoms with Crippen LogP contribution in [0.1, 0.15) is 17.3 Å². The van der Waals surface area contributed by atoms with Crippen LogP contribution in [0.5, 0.6) is 5.75 Å². The Morgan fingerprint density at radius 3 is 2.56 bits per heavy atom. The SMILES string of the molecule is COc1ccc(C2c3cccn3CCN2S(=O)(=O)c2cccs2)cc1. The quantitative estimate of drug-likeness (QED) is 0.704. The molecule has 0 radical (unpaired) electrons. The van der Waals surface area contributed by atoms with Gasteiger partial charge in [-0.1, -0.05) is 18.2 Å². The molecule has 3 aromatic rings. The molecule has 0 spiro atoms. The zero-order valence-electron chi connectivity index (χ0n) is 13.7. The molecule has 7 heteroatoms. The lowest BCUT2D eigenvalue weighted by atomic mass is 10.0. The Morgan fingerprint density at radius 1 is 1.08 bits per heavy atom. The van der Waals surface area contributed by atoms with Crippen molar-refractivity contribution < 1.29 is 13.2 Å². The molecule has 1 unspecified atom stereocenters. The fourth-order valence-corrected chi connectivity index (χ4v) is 5.97. The smallest absolute Gasteiger partial charge is 0.253 e. The monoisotopic (exact) mass is 374 g/mol. The van der Waals surface area contributed by atoms with Gasteiger partial charge in [-0.2, -0.15) is 4.31 Å². The summed E-state index contributed by atoms with van der Waals surface area (Å²) in [6.45, 7) is 1.10. The van der Waals surface area contributed by atoms with Crippen molar-refractivity contribution in [1.29, 1.82) is 0 Å². The molecule has 0 amide bonds. The highest BCUT2D eigenvalue weighted by molar-refractivity contribution is 7.91. The van der Waals surface area contributed by atoms with Gasteiger partial charge in [0.15, 0.2) is 0 Å². The Bertz CT molecular complexity index is 960. The molecule has 1 atom stereocenters. The molecule has 0 bridgehead atoms. The minimum atomic E-state index is -3.55. The van der Waals surface area contributed by atoms with E-state index in [4.69, 9.17) is 4.74 Å². The molecule has 0 saturated carbocycles. The van der Waals surface area contributed by atoms with Crippen LogP contribution in [-0.2, 0) is 16.6 Å². The first-order valence-electron chi connectivity index (χ1n) is 7.95. The molecule has 0 N–H and O–H groups in total. The van der Waals surface area contributed by atoms with Crippen LogP contribution in [-0.4, -0.2) is 30.9 Å². The predicted molar refractivity (Wildman–Crippen MR) is 97.5 cm³/mol. The van der Waals surface area contributed by atoms with Gasteiger partial charge in [-0.25, -0.2) is 8.42 Å². The van der Waals surface area contributed by atoms with E-state index in [1.807, 2.05) is 42.6 Å². The van der Waals surface area contributed by atoms with Crippen LogP contribution in [0.4, 0.5) is 0 Å². The van der Waals surface area contributed by atoms with Crippen LogP contribution in [0, 0.1) is 0 Å². The molecule has 1 aliphatic heterocycles. The molecule has 2 aromatic heterocycles. The van der Waals surface area contributed by atoms with Gasteiger partial charge in [-0.15, -0.1) is 11.3 Å². The number of sulfonamides is 1. The summed E-state index contributed by atoms with van der Waals surface area (Å²) >= 11 is 1.25. The molecule has 0 saturated heterocycles. The van der Waals surface area contributed by atoms with Gasteiger partial charge in [0, 0.05) is 25.0 Å². The van der Waals surface area contributed by atoms with Gasteiger partial charge in [0.1, 0.15) is 9.96 Å². The Kier molecular flexibility index (Phi) is 4.15. The number of aromatic nitrogens is 1. The molecule has 3 heterocycles. The Labute approximate surface area is 151 Å². The average molecular weight is 374 g/mol. The van der Waals surface area contributed by atoms with Gasteiger partial charge < -0.3 is 9.30 Å². The van der Waals surface area contributed by atoms with Crippen LogP contribution in [0.3, 0.4) is 0 Å². The van der Waals surface area contributed by atoms with E-state index >= 15 is 0 Å². The molecule has 1 aliphatic rings. The highest BCUT2D eigenvalue weighted by Crippen LogP contribution is 2.37. The summed E-state index contributed by atoms with van der Waals surface area (Å²) in [6, 6.07) is 14.7. The molecule has 25 heavy (non-hydrogen) atoms. The van der Waals surface area contributed by atoms with Crippen molar-refractivity contribution in [2.45, 2.75) is 16.8 Å². The van der Waals surface area contributed by atoms with Gasteiger partial charge in [0.05, 0.1) is 13.2 Å². The highest BCUT2D eigenvalue weighted by Gasteiger charge is 2.37. The summed E-state index contributed by atoms with van der Waals surface area (Å²) in [6.07, 6.45) is 2.00. The number of nitrogens with zero attached hydrogens (tertiary/aromatic N) is 2. The van der Waals surface area contributed by atoms with E-state index in [9.17, 15) is 8.42 Å². The van der Waals surface area contributed by atoms with E-state index in [1.165, 1.54) is 11.3 Å². The van der Waals surface area contributed by atoms with Crippen LogP contribution >= 0.6 is 11.3 Å². The first-order chi connectivity index (χ1) is 12.1. The normalized spacial score (nSPS) is 18.0. The Hall–Kier alpha value is -2.09. The molecular weight excluding hydrogens is 356 g/mol. The summed E-state index contributed by atoms with van der Waals surface area (Å²) in [5.41, 5.74) is 1.91. The van der Waals surface area contributed by atoms with Crippen LogP contribution < -0.4 is 4.74 Å². The van der Waals surface area contributed by atoms with E-state index in [0.29, 0.717) is 17.3 Å². The maximum absolute atomic E-state index is 13.2. The zero-order chi connectivity index (χ0) is 17.4. The number of methoxy groups -OCH3 is 1. The molecule has 0 fully saturated rings. The Balaban J connectivity index is 1.83. The minimum absolute atomic E-state index is 0.346. The van der Waals surface area contributed by atoms with E-state index in [0.717, 1.165) is 17.0 Å². The lowest BCUT2D eigenvalue weighted by Crippen LogP contribution is -2.42. The molecule has 0 aliphatic carbocycles.